The zero-order chi connectivity index (χ0) is 18.0. The number of nitrogens with zero attached hydrogens (tertiary/aromatic N) is 2. The van der Waals surface area contributed by atoms with Crippen LogP contribution in [-0.4, -0.2) is 36.5 Å². The minimum Gasteiger partial charge on any atom is -0.366 e. The van der Waals surface area contributed by atoms with Gasteiger partial charge in [-0.1, -0.05) is 6.92 Å². The van der Waals surface area contributed by atoms with Crippen molar-refractivity contribution in [1.82, 2.24) is 5.32 Å². The summed E-state index contributed by atoms with van der Waals surface area (Å²) in [5.74, 6) is 0.804. The second kappa shape index (κ2) is 8.68. The Morgan fingerprint density at radius 3 is 2.54 bits per heavy atom. The van der Waals surface area contributed by atoms with Gasteiger partial charge in [0.2, 0.25) is 0 Å². The third-order valence-corrected chi connectivity index (χ3v) is 5.32. The zero-order valence-electron chi connectivity index (χ0n) is 15.0. The Morgan fingerprint density at radius 1 is 1.35 bits per heavy atom. The molecule has 0 spiro atoms. The van der Waals surface area contributed by atoms with Crippen LogP contribution in [0.4, 0.5) is 11.4 Å². The third-order valence-electron chi connectivity index (χ3n) is 5.32. The second-order valence-corrected chi connectivity index (χ2v) is 7.28. The quantitative estimate of drug-likeness (QED) is 0.581. The molecule has 144 valence electrons. The van der Waals surface area contributed by atoms with E-state index in [0.29, 0.717) is 29.6 Å². The summed E-state index contributed by atoms with van der Waals surface area (Å²) in [4.78, 5) is 25.6. The topological polar surface area (TPSA) is 102 Å². The van der Waals surface area contributed by atoms with E-state index in [9.17, 15) is 14.9 Å². The van der Waals surface area contributed by atoms with Crippen molar-refractivity contribution in [2.24, 2.45) is 17.6 Å². The highest BCUT2D eigenvalue weighted by Gasteiger charge is 2.32. The number of nitro benzene ring substituents is 1. The first-order chi connectivity index (χ1) is 12.0. The lowest BCUT2D eigenvalue weighted by atomic mass is 9.98. The van der Waals surface area contributed by atoms with Gasteiger partial charge in [-0.25, -0.2) is 0 Å². The Hall–Kier alpha value is -1.86. The molecule has 1 aliphatic carbocycles. The van der Waals surface area contributed by atoms with Crippen LogP contribution in [0.2, 0.25) is 0 Å². The molecule has 1 atom stereocenters. The fraction of sp³-hybridized carbons (Fsp3) is 0.611. The summed E-state index contributed by atoms with van der Waals surface area (Å²) in [7, 11) is 0. The van der Waals surface area contributed by atoms with Crippen molar-refractivity contribution in [2.75, 3.05) is 24.5 Å². The van der Waals surface area contributed by atoms with Crippen molar-refractivity contribution in [2.45, 2.75) is 38.6 Å². The fourth-order valence-corrected chi connectivity index (χ4v) is 3.45. The molecule has 1 aromatic rings. The molecule has 2 fully saturated rings. The molecule has 1 amide bonds. The Bertz CT molecular complexity index is 658. The van der Waals surface area contributed by atoms with Gasteiger partial charge in [0.15, 0.2) is 0 Å². The maximum Gasteiger partial charge on any atom is 0.293 e. The van der Waals surface area contributed by atoms with Crippen molar-refractivity contribution in [3.05, 3.63) is 33.9 Å². The van der Waals surface area contributed by atoms with Crippen molar-refractivity contribution in [3.63, 3.8) is 0 Å². The number of halogens is 1. The van der Waals surface area contributed by atoms with Gasteiger partial charge in [-0.15, -0.1) is 12.4 Å². The first-order valence-electron chi connectivity index (χ1n) is 9.04. The Kier molecular flexibility index (Phi) is 6.83. The van der Waals surface area contributed by atoms with E-state index < -0.39 is 4.92 Å². The van der Waals surface area contributed by atoms with E-state index in [1.54, 1.807) is 12.1 Å². The number of rotatable bonds is 6. The van der Waals surface area contributed by atoms with E-state index in [1.807, 2.05) is 4.90 Å². The maximum absolute atomic E-state index is 12.4. The van der Waals surface area contributed by atoms with Crippen LogP contribution in [0.1, 0.15) is 43.0 Å². The molecule has 3 N–H and O–H groups in total. The number of amides is 1. The van der Waals surface area contributed by atoms with Crippen LogP contribution in [0.25, 0.3) is 0 Å². The van der Waals surface area contributed by atoms with Crippen LogP contribution < -0.4 is 16.0 Å². The molecule has 1 unspecified atom stereocenters. The minimum absolute atomic E-state index is 0. The molecule has 26 heavy (non-hydrogen) atoms. The van der Waals surface area contributed by atoms with Gasteiger partial charge in [0.25, 0.3) is 11.6 Å². The van der Waals surface area contributed by atoms with Crippen LogP contribution in [0.3, 0.4) is 0 Å². The lowest BCUT2D eigenvalue weighted by Gasteiger charge is -2.31. The van der Waals surface area contributed by atoms with Crippen LogP contribution in [-0.2, 0) is 0 Å². The Morgan fingerprint density at radius 2 is 2.00 bits per heavy atom. The Labute approximate surface area is 159 Å². The van der Waals surface area contributed by atoms with Gasteiger partial charge in [-0.3, -0.25) is 14.9 Å². The number of piperidine rings is 1. The number of carbonyl (C=O) groups is 1. The van der Waals surface area contributed by atoms with Gasteiger partial charge in [0, 0.05) is 37.3 Å². The SMILES string of the molecule is CC1CCN(c2ccc(C(=O)NC(CN)C3CC3)cc2[N+](=O)[O-])CC1.Cl. The third kappa shape index (κ3) is 4.65. The molecule has 3 rings (SSSR count). The average Bonchev–Trinajstić information content (AvgIpc) is 3.44. The molecule has 0 radical (unpaired) electrons. The van der Waals surface area contributed by atoms with Crippen molar-refractivity contribution in [3.8, 4) is 0 Å². The first kappa shape index (κ1) is 20.5. The van der Waals surface area contributed by atoms with Crippen LogP contribution >= 0.6 is 12.4 Å². The monoisotopic (exact) mass is 382 g/mol. The van der Waals surface area contributed by atoms with Crippen LogP contribution in [0.15, 0.2) is 18.2 Å². The van der Waals surface area contributed by atoms with Crippen LogP contribution in [0, 0.1) is 22.0 Å². The highest BCUT2D eigenvalue weighted by Crippen LogP contribution is 2.34. The van der Waals surface area contributed by atoms with Crippen molar-refractivity contribution in [1.29, 1.82) is 0 Å². The molecule has 2 aliphatic rings. The summed E-state index contributed by atoms with van der Waals surface area (Å²) >= 11 is 0. The summed E-state index contributed by atoms with van der Waals surface area (Å²) in [6.07, 6.45) is 4.21. The number of hydrogen-bond donors (Lipinski definition) is 2. The largest absolute Gasteiger partial charge is 0.366 e. The summed E-state index contributed by atoms with van der Waals surface area (Å²) < 4.78 is 0. The number of nitrogens with two attached hydrogens (primary N) is 1. The van der Waals surface area contributed by atoms with Gasteiger partial charge in [-0.05, 0) is 49.7 Å². The molecule has 1 aliphatic heterocycles. The maximum atomic E-state index is 12.4. The van der Waals surface area contributed by atoms with Crippen molar-refractivity contribution >= 4 is 29.7 Å². The van der Waals surface area contributed by atoms with E-state index in [2.05, 4.69) is 12.2 Å². The first-order valence-corrected chi connectivity index (χ1v) is 9.04. The van der Waals surface area contributed by atoms with Gasteiger partial charge >= 0.3 is 0 Å². The highest BCUT2D eigenvalue weighted by molar-refractivity contribution is 5.96. The summed E-state index contributed by atoms with van der Waals surface area (Å²) in [5.41, 5.74) is 6.64. The summed E-state index contributed by atoms with van der Waals surface area (Å²) in [6.45, 7) is 4.21. The van der Waals surface area contributed by atoms with E-state index in [4.69, 9.17) is 5.73 Å². The molecular formula is C18H27ClN4O3. The standard InChI is InChI=1S/C18H26N4O3.ClH/c1-12-6-8-21(9-7-12)16-5-4-14(10-17(16)22(24)25)18(23)20-15(11-19)13-2-3-13;/h4-5,10,12-13,15H,2-3,6-9,11,19H2,1H3,(H,20,23);1H. The predicted molar refractivity (Wildman–Crippen MR) is 104 cm³/mol. The van der Waals surface area contributed by atoms with Crippen molar-refractivity contribution < 1.29 is 9.72 Å². The molecule has 0 bridgehead atoms. The molecule has 1 aromatic carbocycles. The van der Waals surface area contributed by atoms with Gasteiger partial charge in [0.05, 0.1) is 4.92 Å². The number of nitrogens with one attached hydrogen (secondary N) is 1. The minimum atomic E-state index is -0.397. The van der Waals surface area contributed by atoms with Gasteiger partial charge in [0.1, 0.15) is 5.69 Å². The molecule has 8 heteroatoms. The Balaban J connectivity index is 0.00000243. The molecule has 1 saturated carbocycles. The smallest absolute Gasteiger partial charge is 0.293 e. The number of hydrogen-bond acceptors (Lipinski definition) is 5. The van der Waals surface area contributed by atoms with Crippen LogP contribution in [0.5, 0.6) is 0 Å². The van der Waals surface area contributed by atoms with Gasteiger partial charge in [-0.2, -0.15) is 0 Å². The fourth-order valence-electron chi connectivity index (χ4n) is 3.45. The summed E-state index contributed by atoms with van der Waals surface area (Å²) in [6, 6.07) is 4.73. The van der Waals surface area contributed by atoms with Gasteiger partial charge < -0.3 is 16.0 Å². The van der Waals surface area contributed by atoms with E-state index in [0.717, 1.165) is 38.8 Å². The molecule has 1 saturated heterocycles. The summed E-state index contributed by atoms with van der Waals surface area (Å²) in [5, 5.41) is 14.4. The average molecular weight is 383 g/mol. The number of benzene rings is 1. The zero-order valence-corrected chi connectivity index (χ0v) is 15.8. The van der Waals surface area contributed by atoms with E-state index >= 15 is 0 Å². The predicted octanol–water partition coefficient (Wildman–Crippen LogP) is 2.72. The molecule has 0 aromatic heterocycles. The van der Waals surface area contributed by atoms with E-state index in [1.165, 1.54) is 6.07 Å². The molecule has 1 heterocycles. The lowest BCUT2D eigenvalue weighted by molar-refractivity contribution is -0.384. The second-order valence-electron chi connectivity index (χ2n) is 7.28. The van der Waals surface area contributed by atoms with E-state index in [-0.39, 0.29) is 30.0 Å². The molecule has 7 nitrogen and oxygen atoms in total. The lowest BCUT2D eigenvalue weighted by Crippen LogP contribution is -2.41. The number of anilines is 1. The molecular weight excluding hydrogens is 356 g/mol. The number of carbonyl (C=O) groups excluding carboxylic acids is 1. The highest BCUT2D eigenvalue weighted by atomic mass is 35.5. The number of nitro groups is 1. The normalized spacial score (nSPS) is 18.8.